The molecule has 0 bridgehead atoms. The maximum Gasteiger partial charge on any atom is 0.236 e. The molecule has 106 valence electrons. The molecule has 3 nitrogen and oxygen atoms in total. The SMILES string of the molecule is CCN(CC)C(=O)CN(C)C(C)c1ccc(Cl)cc1. The summed E-state index contributed by atoms with van der Waals surface area (Å²) in [5.74, 6) is 0.174. The first-order chi connectivity index (χ1) is 8.99. The molecule has 0 radical (unpaired) electrons. The van der Waals surface area contributed by atoms with E-state index in [1.54, 1.807) is 0 Å². The lowest BCUT2D eigenvalue weighted by molar-refractivity contribution is -0.132. The fraction of sp³-hybridized carbons (Fsp3) is 0.533. The average Bonchev–Trinajstić information content (AvgIpc) is 2.40. The van der Waals surface area contributed by atoms with Crippen LogP contribution in [0.5, 0.6) is 0 Å². The van der Waals surface area contributed by atoms with Crippen molar-refractivity contribution >= 4 is 17.5 Å². The second-order valence-corrected chi connectivity index (χ2v) is 5.15. The predicted octanol–water partition coefficient (Wildman–Crippen LogP) is 3.20. The van der Waals surface area contributed by atoms with E-state index in [4.69, 9.17) is 11.6 Å². The van der Waals surface area contributed by atoms with Crippen LogP contribution >= 0.6 is 11.6 Å². The molecular weight excluding hydrogens is 260 g/mol. The molecule has 1 aromatic rings. The Kier molecular flexibility index (Phi) is 6.32. The number of nitrogens with zero attached hydrogens (tertiary/aromatic N) is 2. The fourth-order valence-corrected chi connectivity index (χ4v) is 2.15. The Bertz CT molecular complexity index is 401. The minimum atomic E-state index is 0.174. The number of rotatable bonds is 6. The van der Waals surface area contributed by atoms with Gasteiger partial charge in [0.15, 0.2) is 0 Å². The van der Waals surface area contributed by atoms with Crippen LogP contribution in [0.15, 0.2) is 24.3 Å². The van der Waals surface area contributed by atoms with E-state index in [0.29, 0.717) is 6.54 Å². The molecule has 0 saturated heterocycles. The van der Waals surface area contributed by atoms with E-state index in [1.165, 1.54) is 5.56 Å². The van der Waals surface area contributed by atoms with Gasteiger partial charge in [-0.3, -0.25) is 9.69 Å². The average molecular weight is 283 g/mol. The van der Waals surface area contributed by atoms with Crippen LogP contribution in [0.3, 0.4) is 0 Å². The van der Waals surface area contributed by atoms with Crippen LogP contribution in [-0.2, 0) is 4.79 Å². The molecule has 1 amide bonds. The summed E-state index contributed by atoms with van der Waals surface area (Å²) in [5.41, 5.74) is 1.17. The first-order valence-electron chi connectivity index (χ1n) is 6.73. The summed E-state index contributed by atoms with van der Waals surface area (Å²) in [4.78, 5) is 16.0. The first-order valence-corrected chi connectivity index (χ1v) is 7.10. The molecule has 4 heteroatoms. The molecule has 0 N–H and O–H groups in total. The summed E-state index contributed by atoms with van der Waals surface area (Å²) in [7, 11) is 1.97. The molecule has 1 aromatic carbocycles. The Labute approximate surface area is 121 Å². The molecule has 19 heavy (non-hydrogen) atoms. The van der Waals surface area contributed by atoms with Crippen LogP contribution < -0.4 is 0 Å². The monoisotopic (exact) mass is 282 g/mol. The van der Waals surface area contributed by atoms with E-state index in [2.05, 4.69) is 11.8 Å². The van der Waals surface area contributed by atoms with Crippen molar-refractivity contribution in [2.24, 2.45) is 0 Å². The van der Waals surface area contributed by atoms with Gasteiger partial charge in [0.1, 0.15) is 0 Å². The summed E-state index contributed by atoms with van der Waals surface area (Å²) in [6, 6.07) is 7.97. The molecule has 1 unspecified atom stereocenters. The Morgan fingerprint density at radius 2 is 1.74 bits per heavy atom. The quantitative estimate of drug-likeness (QED) is 0.800. The van der Waals surface area contributed by atoms with Gasteiger partial charge in [-0.2, -0.15) is 0 Å². The van der Waals surface area contributed by atoms with Gasteiger partial charge in [0, 0.05) is 24.2 Å². The smallest absolute Gasteiger partial charge is 0.236 e. The molecule has 0 fully saturated rings. The number of carbonyl (C=O) groups excluding carboxylic acids is 1. The van der Waals surface area contributed by atoms with Gasteiger partial charge in [-0.05, 0) is 45.5 Å². The van der Waals surface area contributed by atoms with Crippen LogP contribution in [-0.4, -0.2) is 42.4 Å². The lowest BCUT2D eigenvalue weighted by Gasteiger charge is -2.27. The molecule has 0 aliphatic carbocycles. The Hall–Kier alpha value is -1.06. The summed E-state index contributed by atoms with van der Waals surface area (Å²) in [6.45, 7) is 8.06. The van der Waals surface area contributed by atoms with E-state index >= 15 is 0 Å². The number of amides is 1. The highest BCUT2D eigenvalue weighted by molar-refractivity contribution is 6.30. The second kappa shape index (κ2) is 7.51. The molecule has 0 aliphatic rings. The zero-order chi connectivity index (χ0) is 14.4. The minimum Gasteiger partial charge on any atom is -0.342 e. The fourth-order valence-electron chi connectivity index (χ4n) is 2.02. The summed E-state index contributed by atoms with van der Waals surface area (Å²) in [5, 5.41) is 0.734. The molecule has 1 atom stereocenters. The molecule has 0 spiro atoms. The largest absolute Gasteiger partial charge is 0.342 e. The lowest BCUT2D eigenvalue weighted by atomic mass is 10.1. The van der Waals surface area contributed by atoms with E-state index in [9.17, 15) is 4.79 Å². The van der Waals surface area contributed by atoms with Crippen LogP contribution in [0.1, 0.15) is 32.4 Å². The van der Waals surface area contributed by atoms with Gasteiger partial charge < -0.3 is 4.90 Å². The molecular formula is C15H23ClN2O. The maximum absolute atomic E-state index is 12.1. The molecule has 0 heterocycles. The van der Waals surface area contributed by atoms with Gasteiger partial charge in [0.25, 0.3) is 0 Å². The van der Waals surface area contributed by atoms with E-state index in [-0.39, 0.29) is 11.9 Å². The Morgan fingerprint density at radius 3 is 2.21 bits per heavy atom. The Morgan fingerprint density at radius 1 is 1.21 bits per heavy atom. The lowest BCUT2D eigenvalue weighted by Crippen LogP contribution is -2.39. The topological polar surface area (TPSA) is 23.6 Å². The maximum atomic E-state index is 12.1. The van der Waals surface area contributed by atoms with Crippen molar-refractivity contribution in [2.45, 2.75) is 26.8 Å². The van der Waals surface area contributed by atoms with Crippen LogP contribution in [0, 0.1) is 0 Å². The Balaban J connectivity index is 2.64. The third-order valence-electron chi connectivity index (χ3n) is 3.51. The number of carbonyl (C=O) groups is 1. The molecule has 0 saturated carbocycles. The van der Waals surface area contributed by atoms with Gasteiger partial charge in [-0.1, -0.05) is 23.7 Å². The van der Waals surface area contributed by atoms with Crippen molar-refractivity contribution in [2.75, 3.05) is 26.7 Å². The number of halogens is 1. The van der Waals surface area contributed by atoms with Gasteiger partial charge >= 0.3 is 0 Å². The summed E-state index contributed by atoms with van der Waals surface area (Å²) < 4.78 is 0. The van der Waals surface area contributed by atoms with Gasteiger partial charge in [-0.25, -0.2) is 0 Å². The molecule has 0 aliphatic heterocycles. The predicted molar refractivity (Wildman–Crippen MR) is 80.4 cm³/mol. The molecule has 0 aromatic heterocycles. The van der Waals surface area contributed by atoms with E-state index < -0.39 is 0 Å². The normalized spacial score (nSPS) is 12.5. The standard InChI is InChI=1S/C15H23ClN2O/c1-5-18(6-2)15(19)11-17(4)12(3)13-7-9-14(16)10-8-13/h7-10,12H,5-6,11H2,1-4H3. The van der Waals surface area contributed by atoms with Crippen molar-refractivity contribution in [1.82, 2.24) is 9.80 Å². The zero-order valence-electron chi connectivity index (χ0n) is 12.2. The molecule has 1 rings (SSSR count). The number of likely N-dealkylation sites (N-methyl/N-ethyl adjacent to an activating group) is 2. The van der Waals surface area contributed by atoms with Crippen molar-refractivity contribution in [1.29, 1.82) is 0 Å². The van der Waals surface area contributed by atoms with Crippen LogP contribution in [0.25, 0.3) is 0 Å². The van der Waals surface area contributed by atoms with E-state index in [0.717, 1.165) is 18.1 Å². The van der Waals surface area contributed by atoms with Crippen molar-refractivity contribution in [3.63, 3.8) is 0 Å². The highest BCUT2D eigenvalue weighted by atomic mass is 35.5. The van der Waals surface area contributed by atoms with Crippen molar-refractivity contribution in [3.05, 3.63) is 34.9 Å². The van der Waals surface area contributed by atoms with Gasteiger partial charge in [0.05, 0.1) is 6.54 Å². The highest BCUT2D eigenvalue weighted by Gasteiger charge is 2.17. The zero-order valence-corrected chi connectivity index (χ0v) is 12.9. The summed E-state index contributed by atoms with van der Waals surface area (Å²) in [6.07, 6.45) is 0. The van der Waals surface area contributed by atoms with Gasteiger partial charge in [-0.15, -0.1) is 0 Å². The first kappa shape index (κ1) is 16.0. The second-order valence-electron chi connectivity index (χ2n) is 4.71. The highest BCUT2D eigenvalue weighted by Crippen LogP contribution is 2.20. The third kappa shape index (κ3) is 4.51. The minimum absolute atomic E-state index is 0.174. The van der Waals surface area contributed by atoms with Crippen LogP contribution in [0.2, 0.25) is 5.02 Å². The van der Waals surface area contributed by atoms with Gasteiger partial charge in [0.2, 0.25) is 5.91 Å². The van der Waals surface area contributed by atoms with E-state index in [1.807, 2.05) is 50.1 Å². The summed E-state index contributed by atoms with van der Waals surface area (Å²) >= 11 is 5.89. The van der Waals surface area contributed by atoms with Crippen LogP contribution in [0.4, 0.5) is 0 Å². The van der Waals surface area contributed by atoms with Crippen molar-refractivity contribution in [3.8, 4) is 0 Å². The number of hydrogen-bond donors (Lipinski definition) is 0. The third-order valence-corrected chi connectivity index (χ3v) is 3.77. The number of benzene rings is 1. The van der Waals surface area contributed by atoms with Crippen molar-refractivity contribution < 1.29 is 4.79 Å². The number of hydrogen-bond acceptors (Lipinski definition) is 2.